The summed E-state index contributed by atoms with van der Waals surface area (Å²) in [6.07, 6.45) is 2.52. The van der Waals surface area contributed by atoms with Crippen molar-refractivity contribution in [2.75, 3.05) is 13.2 Å². The van der Waals surface area contributed by atoms with Gasteiger partial charge in [-0.15, -0.1) is 0 Å². The third-order valence-electron chi connectivity index (χ3n) is 5.70. The number of nitrogens with one attached hydrogen (secondary N) is 3. The Labute approximate surface area is 229 Å². The molecule has 1 aromatic rings. The summed E-state index contributed by atoms with van der Waals surface area (Å²) in [4.78, 5) is 61.1. The molecule has 3 amide bonds. The molecule has 0 fully saturated rings. The zero-order valence-corrected chi connectivity index (χ0v) is 22.7. The van der Waals surface area contributed by atoms with Crippen LogP contribution in [0.15, 0.2) is 6.07 Å². The highest BCUT2D eigenvalue weighted by Gasteiger charge is 2.32. The van der Waals surface area contributed by atoms with Crippen LogP contribution in [-0.4, -0.2) is 59.8 Å². The molecule has 14 heteroatoms. The summed E-state index contributed by atoms with van der Waals surface area (Å²) in [5.74, 6) is -14.9. The summed E-state index contributed by atoms with van der Waals surface area (Å²) >= 11 is 0. The highest BCUT2D eigenvalue weighted by Crippen LogP contribution is 2.26. The predicted octanol–water partition coefficient (Wildman–Crippen LogP) is 2.62. The Hall–Kier alpha value is -3.71. The Balaban J connectivity index is 2.82. The molecular weight excluding hydrogens is 542 g/mol. The third kappa shape index (κ3) is 11.2. The summed E-state index contributed by atoms with van der Waals surface area (Å²) < 4.78 is 58.9. The molecule has 0 aliphatic rings. The number of ether oxygens (including phenoxy) is 1. The van der Waals surface area contributed by atoms with Gasteiger partial charge in [-0.1, -0.05) is 47.0 Å². The number of ketones is 1. The Morgan fingerprint density at radius 2 is 1.48 bits per heavy atom. The van der Waals surface area contributed by atoms with Crippen molar-refractivity contribution < 1.29 is 51.4 Å². The molecule has 1 aromatic carbocycles. The molecule has 0 heterocycles. The summed E-state index contributed by atoms with van der Waals surface area (Å²) in [5, 5.41) is 15.9. The molecule has 0 aliphatic carbocycles. The molecule has 0 radical (unpaired) electrons. The number of Topliss-reactive ketones (excluding diaryl/α,β-unsaturated/α-hetero) is 1. The van der Waals surface area contributed by atoms with E-state index in [1.54, 1.807) is 0 Å². The van der Waals surface area contributed by atoms with Crippen LogP contribution < -0.4 is 20.7 Å². The van der Waals surface area contributed by atoms with Gasteiger partial charge in [0.25, 0.3) is 0 Å². The molecule has 0 bridgehead atoms. The molecule has 2 atom stereocenters. The van der Waals surface area contributed by atoms with Crippen molar-refractivity contribution in [1.29, 1.82) is 0 Å². The normalized spacial score (nSPS) is 12.6. The van der Waals surface area contributed by atoms with Crippen LogP contribution in [0.2, 0.25) is 0 Å². The van der Waals surface area contributed by atoms with Gasteiger partial charge in [0.05, 0.1) is 6.42 Å². The minimum atomic E-state index is -1.91. The Bertz CT molecular complexity index is 1060. The monoisotopic (exact) mass is 577 g/mol. The predicted molar refractivity (Wildman–Crippen MR) is 134 cm³/mol. The summed E-state index contributed by atoms with van der Waals surface area (Å²) in [6.45, 7) is 6.20. The second-order valence-electron chi connectivity index (χ2n) is 9.91. The first-order valence-corrected chi connectivity index (χ1v) is 12.7. The van der Waals surface area contributed by atoms with Crippen LogP contribution in [0.5, 0.6) is 5.75 Å². The number of carboxylic acid groups (broad SMARTS) is 1. The summed E-state index contributed by atoms with van der Waals surface area (Å²) in [7, 11) is 0. The molecule has 1 rings (SSSR count). The van der Waals surface area contributed by atoms with Gasteiger partial charge in [0.15, 0.2) is 23.2 Å². The second kappa shape index (κ2) is 16.4. The van der Waals surface area contributed by atoms with Crippen molar-refractivity contribution in [3.63, 3.8) is 0 Å². The topological polar surface area (TPSA) is 151 Å². The SMILES string of the molecule is CC(C)CCCCCNC(=O)C(=O)N[C@H](C(=O)N[C@@H](CC(=O)O)C(=O)COc1c(F)c(F)cc(F)c1F)C(C)C. The second-order valence-corrected chi connectivity index (χ2v) is 9.91. The van der Waals surface area contributed by atoms with E-state index in [-0.39, 0.29) is 12.6 Å². The van der Waals surface area contributed by atoms with Crippen molar-refractivity contribution in [3.05, 3.63) is 29.3 Å². The number of hydrogen-bond donors (Lipinski definition) is 4. The number of carbonyl (C=O) groups excluding carboxylic acids is 4. The molecule has 0 unspecified atom stereocenters. The summed E-state index contributed by atoms with van der Waals surface area (Å²) in [6, 6.07) is -3.25. The quantitative estimate of drug-likeness (QED) is 0.102. The van der Waals surface area contributed by atoms with Gasteiger partial charge in [0.2, 0.25) is 17.5 Å². The third-order valence-corrected chi connectivity index (χ3v) is 5.70. The number of aliphatic carboxylic acids is 1. The number of amides is 3. The van der Waals surface area contributed by atoms with Crippen LogP contribution in [-0.2, 0) is 24.0 Å². The van der Waals surface area contributed by atoms with E-state index in [1.807, 2.05) is 0 Å². The van der Waals surface area contributed by atoms with Gasteiger partial charge >= 0.3 is 17.8 Å². The molecule has 0 spiro atoms. The van der Waals surface area contributed by atoms with E-state index >= 15 is 0 Å². The van der Waals surface area contributed by atoms with Gasteiger partial charge in [0, 0.05) is 12.6 Å². The lowest BCUT2D eigenvalue weighted by Crippen LogP contribution is -2.56. The summed E-state index contributed by atoms with van der Waals surface area (Å²) in [5.41, 5.74) is 0. The molecule has 10 nitrogen and oxygen atoms in total. The number of rotatable bonds is 16. The molecule has 40 heavy (non-hydrogen) atoms. The van der Waals surface area contributed by atoms with Crippen molar-refractivity contribution in [1.82, 2.24) is 16.0 Å². The zero-order chi connectivity index (χ0) is 30.6. The lowest BCUT2D eigenvalue weighted by molar-refractivity contribution is -0.142. The number of carboxylic acids is 1. The van der Waals surface area contributed by atoms with Crippen molar-refractivity contribution in [3.8, 4) is 5.75 Å². The maximum atomic E-state index is 13.8. The zero-order valence-electron chi connectivity index (χ0n) is 22.7. The van der Waals surface area contributed by atoms with E-state index in [2.05, 4.69) is 34.5 Å². The maximum Gasteiger partial charge on any atom is 0.309 e. The van der Waals surface area contributed by atoms with E-state index in [4.69, 9.17) is 5.11 Å². The average Bonchev–Trinajstić information content (AvgIpc) is 2.86. The van der Waals surface area contributed by atoms with Gasteiger partial charge in [-0.05, 0) is 18.3 Å². The fourth-order valence-corrected chi connectivity index (χ4v) is 3.48. The minimum absolute atomic E-state index is 0.0681. The fraction of sp³-hybridized carbons (Fsp3) is 0.577. The van der Waals surface area contributed by atoms with Crippen LogP contribution in [0.1, 0.15) is 59.8 Å². The molecule has 0 saturated carbocycles. The van der Waals surface area contributed by atoms with Gasteiger partial charge in [0.1, 0.15) is 18.7 Å². The molecule has 224 valence electrons. The number of halogens is 4. The highest BCUT2D eigenvalue weighted by molar-refractivity contribution is 6.35. The van der Waals surface area contributed by atoms with Crippen molar-refractivity contribution >= 4 is 29.5 Å². The van der Waals surface area contributed by atoms with E-state index in [9.17, 15) is 41.5 Å². The molecule has 4 N–H and O–H groups in total. The van der Waals surface area contributed by atoms with E-state index in [0.717, 1.165) is 19.3 Å². The molecule has 0 saturated heterocycles. The Kier molecular flexibility index (Phi) is 14.1. The first-order valence-electron chi connectivity index (χ1n) is 12.7. The molecule has 0 aromatic heterocycles. The maximum absolute atomic E-state index is 13.8. The van der Waals surface area contributed by atoms with Crippen LogP contribution in [0.4, 0.5) is 17.6 Å². The van der Waals surface area contributed by atoms with Crippen LogP contribution in [0.25, 0.3) is 0 Å². The van der Waals surface area contributed by atoms with E-state index in [0.29, 0.717) is 12.3 Å². The van der Waals surface area contributed by atoms with Crippen LogP contribution in [0, 0.1) is 35.1 Å². The van der Waals surface area contributed by atoms with Gasteiger partial charge in [-0.25, -0.2) is 8.78 Å². The number of unbranched alkanes of at least 4 members (excludes halogenated alkanes) is 2. The highest BCUT2D eigenvalue weighted by atomic mass is 19.2. The number of benzene rings is 1. The first-order chi connectivity index (χ1) is 18.6. The van der Waals surface area contributed by atoms with Crippen LogP contribution in [0.3, 0.4) is 0 Å². The molecular formula is C26H35F4N3O7. The van der Waals surface area contributed by atoms with Gasteiger partial charge < -0.3 is 25.8 Å². The van der Waals surface area contributed by atoms with Gasteiger partial charge in [-0.3, -0.25) is 24.0 Å². The average molecular weight is 578 g/mol. The largest absolute Gasteiger partial charge is 0.481 e. The van der Waals surface area contributed by atoms with Crippen molar-refractivity contribution in [2.45, 2.75) is 71.9 Å². The number of hydrogen-bond acceptors (Lipinski definition) is 6. The lowest BCUT2D eigenvalue weighted by Gasteiger charge is -2.24. The van der Waals surface area contributed by atoms with E-state index in [1.165, 1.54) is 13.8 Å². The van der Waals surface area contributed by atoms with Gasteiger partial charge in [-0.2, -0.15) is 8.78 Å². The first kappa shape index (κ1) is 34.3. The smallest absolute Gasteiger partial charge is 0.309 e. The van der Waals surface area contributed by atoms with E-state index < -0.39 is 89.5 Å². The van der Waals surface area contributed by atoms with Crippen molar-refractivity contribution in [2.24, 2.45) is 11.8 Å². The lowest BCUT2D eigenvalue weighted by atomic mass is 10.0. The molecule has 0 aliphatic heterocycles. The number of carbonyl (C=O) groups is 5. The Morgan fingerprint density at radius 3 is 2.00 bits per heavy atom. The standard InChI is InChI=1S/C26H35F4N3O7/c1-13(2)8-6-5-7-9-31-25(38)26(39)33-22(14(3)4)24(37)32-17(11-19(35)36)18(34)12-40-23-20(29)15(27)10-16(28)21(23)30/h10,13-14,17,22H,5-9,11-12H2,1-4H3,(H,31,38)(H,32,37)(H,33,39)(H,35,36)/t17-,22-/m0/s1. The fourth-order valence-electron chi connectivity index (χ4n) is 3.48. The minimum Gasteiger partial charge on any atom is -0.481 e. The Morgan fingerprint density at radius 1 is 0.875 bits per heavy atom. The van der Waals surface area contributed by atoms with Crippen LogP contribution >= 0.6 is 0 Å².